The summed E-state index contributed by atoms with van der Waals surface area (Å²) in [5, 5.41) is 0.367. The molecule has 0 aliphatic carbocycles. The predicted octanol–water partition coefficient (Wildman–Crippen LogP) is 4.30. The Morgan fingerprint density at radius 3 is 2.31 bits per heavy atom. The number of piperidine rings is 1. The van der Waals surface area contributed by atoms with E-state index in [4.69, 9.17) is 11.6 Å². The van der Waals surface area contributed by atoms with Gasteiger partial charge in [-0.25, -0.2) is 0 Å². The van der Waals surface area contributed by atoms with Crippen molar-refractivity contribution in [1.82, 2.24) is 4.90 Å². The van der Waals surface area contributed by atoms with Gasteiger partial charge in [-0.1, -0.05) is 32.6 Å². The number of alkyl halides is 1. The van der Waals surface area contributed by atoms with Crippen LogP contribution >= 0.6 is 11.6 Å². The molecule has 1 nitrogen and oxygen atoms in total. The second-order valence-corrected chi connectivity index (χ2v) is 5.96. The third-order valence-electron chi connectivity index (χ3n) is 3.86. The maximum Gasteiger partial charge on any atom is 0.0337 e. The summed E-state index contributed by atoms with van der Waals surface area (Å²) in [6.07, 6.45) is 9.59. The molecule has 0 radical (unpaired) electrons. The van der Waals surface area contributed by atoms with E-state index in [1.807, 2.05) is 0 Å². The number of unbranched alkanes of at least 4 members (excludes halogenated alkanes) is 4. The van der Waals surface area contributed by atoms with Gasteiger partial charge in [0.05, 0.1) is 0 Å². The quantitative estimate of drug-likeness (QED) is 0.478. The summed E-state index contributed by atoms with van der Waals surface area (Å²) >= 11 is 6.15. The van der Waals surface area contributed by atoms with Crippen LogP contribution in [0.4, 0.5) is 0 Å². The van der Waals surface area contributed by atoms with Gasteiger partial charge in [0.15, 0.2) is 0 Å². The number of rotatable bonds is 7. The van der Waals surface area contributed by atoms with Crippen molar-refractivity contribution >= 4 is 11.6 Å². The van der Waals surface area contributed by atoms with Crippen molar-refractivity contribution in [2.45, 2.75) is 64.2 Å². The Morgan fingerprint density at radius 1 is 1.12 bits per heavy atom. The van der Waals surface area contributed by atoms with Crippen LogP contribution in [0.1, 0.15) is 58.8 Å². The minimum atomic E-state index is 0.367. The normalized spacial score (nSPS) is 21.2. The second kappa shape index (κ2) is 8.36. The molecule has 96 valence electrons. The SMILES string of the molecule is CCCCCCCN1CCC(C(C)Cl)CC1. The molecule has 1 aliphatic heterocycles. The lowest BCUT2D eigenvalue weighted by Gasteiger charge is -2.33. The third kappa shape index (κ3) is 5.54. The van der Waals surface area contributed by atoms with Crippen LogP contribution in [0.25, 0.3) is 0 Å². The molecule has 1 aliphatic rings. The Balaban J connectivity index is 1.99. The van der Waals surface area contributed by atoms with Crippen molar-refractivity contribution in [3.8, 4) is 0 Å². The fraction of sp³-hybridized carbons (Fsp3) is 1.00. The molecule has 0 aromatic heterocycles. The Kier molecular flexibility index (Phi) is 7.47. The lowest BCUT2D eigenvalue weighted by Crippen LogP contribution is -2.36. The lowest BCUT2D eigenvalue weighted by atomic mass is 9.94. The van der Waals surface area contributed by atoms with Gasteiger partial charge < -0.3 is 4.90 Å². The molecule has 0 saturated carbocycles. The van der Waals surface area contributed by atoms with Gasteiger partial charge in [0, 0.05) is 5.38 Å². The smallest absolute Gasteiger partial charge is 0.0337 e. The average Bonchev–Trinajstić information content (AvgIpc) is 2.29. The number of hydrogen-bond donors (Lipinski definition) is 0. The summed E-state index contributed by atoms with van der Waals surface area (Å²) in [4.78, 5) is 2.63. The van der Waals surface area contributed by atoms with Gasteiger partial charge in [0.1, 0.15) is 0 Å². The summed E-state index contributed by atoms with van der Waals surface area (Å²) < 4.78 is 0. The van der Waals surface area contributed by atoms with E-state index in [1.54, 1.807) is 0 Å². The number of hydrogen-bond acceptors (Lipinski definition) is 1. The maximum atomic E-state index is 6.15. The number of halogens is 1. The first-order valence-corrected chi connectivity index (χ1v) is 7.54. The molecule has 0 amide bonds. The van der Waals surface area contributed by atoms with E-state index in [0.717, 1.165) is 5.92 Å². The Bertz CT molecular complexity index is 162. The molecule has 1 saturated heterocycles. The highest BCUT2D eigenvalue weighted by molar-refractivity contribution is 6.20. The third-order valence-corrected chi connectivity index (χ3v) is 4.22. The molecule has 16 heavy (non-hydrogen) atoms. The minimum absolute atomic E-state index is 0.367. The average molecular weight is 246 g/mol. The van der Waals surface area contributed by atoms with E-state index in [2.05, 4.69) is 18.7 Å². The summed E-state index contributed by atoms with van der Waals surface area (Å²) in [6, 6.07) is 0. The first kappa shape index (κ1) is 14.3. The Morgan fingerprint density at radius 2 is 1.75 bits per heavy atom. The highest BCUT2D eigenvalue weighted by Gasteiger charge is 2.21. The fourth-order valence-corrected chi connectivity index (χ4v) is 2.83. The molecule has 0 aromatic carbocycles. The summed E-state index contributed by atoms with van der Waals surface area (Å²) in [5.74, 6) is 0.762. The molecule has 1 rings (SSSR count). The molecular formula is C14H28ClN. The van der Waals surface area contributed by atoms with Crippen LogP contribution < -0.4 is 0 Å². The highest BCUT2D eigenvalue weighted by Crippen LogP contribution is 2.23. The molecule has 1 heterocycles. The monoisotopic (exact) mass is 245 g/mol. The van der Waals surface area contributed by atoms with Gasteiger partial charge in [0.2, 0.25) is 0 Å². The Labute approximate surface area is 107 Å². The van der Waals surface area contributed by atoms with Crippen LogP contribution in [-0.2, 0) is 0 Å². The molecule has 2 heteroatoms. The van der Waals surface area contributed by atoms with Crippen molar-refractivity contribution in [2.24, 2.45) is 5.92 Å². The van der Waals surface area contributed by atoms with Gasteiger partial charge in [-0.15, -0.1) is 11.6 Å². The van der Waals surface area contributed by atoms with Crippen LogP contribution in [0, 0.1) is 5.92 Å². The van der Waals surface area contributed by atoms with E-state index in [0.29, 0.717) is 5.38 Å². The summed E-state index contributed by atoms with van der Waals surface area (Å²) in [7, 11) is 0. The van der Waals surface area contributed by atoms with Crippen molar-refractivity contribution in [2.75, 3.05) is 19.6 Å². The first-order chi connectivity index (χ1) is 7.74. The molecule has 0 spiro atoms. The summed E-state index contributed by atoms with van der Waals surface area (Å²) in [6.45, 7) is 8.28. The van der Waals surface area contributed by atoms with Crippen molar-refractivity contribution in [3.63, 3.8) is 0 Å². The second-order valence-electron chi connectivity index (χ2n) is 5.27. The zero-order chi connectivity index (χ0) is 11.8. The molecular weight excluding hydrogens is 218 g/mol. The number of nitrogens with zero attached hydrogens (tertiary/aromatic N) is 1. The van der Waals surface area contributed by atoms with Crippen molar-refractivity contribution in [3.05, 3.63) is 0 Å². The molecule has 0 bridgehead atoms. The van der Waals surface area contributed by atoms with E-state index in [9.17, 15) is 0 Å². The van der Waals surface area contributed by atoms with E-state index in [1.165, 1.54) is 64.6 Å². The highest BCUT2D eigenvalue weighted by atomic mass is 35.5. The van der Waals surface area contributed by atoms with E-state index in [-0.39, 0.29) is 0 Å². The molecule has 1 unspecified atom stereocenters. The Hall–Kier alpha value is 0.250. The van der Waals surface area contributed by atoms with Crippen molar-refractivity contribution < 1.29 is 0 Å². The van der Waals surface area contributed by atoms with Crippen LogP contribution in [0.15, 0.2) is 0 Å². The van der Waals surface area contributed by atoms with E-state index >= 15 is 0 Å². The van der Waals surface area contributed by atoms with Gasteiger partial charge in [-0.3, -0.25) is 0 Å². The van der Waals surface area contributed by atoms with Gasteiger partial charge in [-0.05, 0) is 51.7 Å². The zero-order valence-corrected chi connectivity index (χ0v) is 11.8. The predicted molar refractivity (Wildman–Crippen MR) is 73.2 cm³/mol. The summed E-state index contributed by atoms with van der Waals surface area (Å²) in [5.41, 5.74) is 0. The van der Waals surface area contributed by atoms with Crippen LogP contribution in [0.3, 0.4) is 0 Å². The van der Waals surface area contributed by atoms with Crippen LogP contribution in [0.2, 0.25) is 0 Å². The molecule has 1 fully saturated rings. The van der Waals surface area contributed by atoms with Gasteiger partial charge >= 0.3 is 0 Å². The van der Waals surface area contributed by atoms with Crippen molar-refractivity contribution in [1.29, 1.82) is 0 Å². The number of likely N-dealkylation sites (tertiary alicyclic amines) is 1. The van der Waals surface area contributed by atoms with Gasteiger partial charge in [0.25, 0.3) is 0 Å². The fourth-order valence-electron chi connectivity index (χ4n) is 2.57. The minimum Gasteiger partial charge on any atom is -0.303 e. The van der Waals surface area contributed by atoms with Crippen LogP contribution in [0.5, 0.6) is 0 Å². The molecule has 0 aromatic rings. The first-order valence-electron chi connectivity index (χ1n) is 7.10. The maximum absolute atomic E-state index is 6.15. The standard InChI is InChI=1S/C14H28ClN/c1-3-4-5-6-7-10-16-11-8-14(9-12-16)13(2)15/h13-14H,3-12H2,1-2H3. The lowest BCUT2D eigenvalue weighted by molar-refractivity contribution is 0.180. The largest absolute Gasteiger partial charge is 0.303 e. The van der Waals surface area contributed by atoms with Gasteiger partial charge in [-0.2, -0.15) is 0 Å². The van der Waals surface area contributed by atoms with Crippen LogP contribution in [-0.4, -0.2) is 29.9 Å². The van der Waals surface area contributed by atoms with E-state index < -0.39 is 0 Å². The molecule has 0 N–H and O–H groups in total. The topological polar surface area (TPSA) is 3.24 Å². The zero-order valence-electron chi connectivity index (χ0n) is 11.1. The molecule has 1 atom stereocenters.